The molecular weight excluding hydrogens is 372 g/mol. The van der Waals surface area contributed by atoms with Gasteiger partial charge in [-0.15, -0.1) is 0 Å². The van der Waals surface area contributed by atoms with E-state index in [1.54, 1.807) is 38.5 Å². The molecule has 154 valence electrons. The van der Waals surface area contributed by atoms with Crippen molar-refractivity contribution in [2.24, 2.45) is 5.92 Å². The summed E-state index contributed by atoms with van der Waals surface area (Å²) in [5, 5.41) is 2.88. The minimum Gasteiger partial charge on any atom is -0.493 e. The van der Waals surface area contributed by atoms with E-state index in [1.807, 2.05) is 23.1 Å². The fraction of sp³-hybridized carbons (Fsp3) is 0.364. The highest BCUT2D eigenvalue weighted by atomic mass is 16.5. The third-order valence-corrected chi connectivity index (χ3v) is 5.10. The fourth-order valence-electron chi connectivity index (χ4n) is 3.53. The van der Waals surface area contributed by atoms with E-state index < -0.39 is 5.97 Å². The Hall–Kier alpha value is -3.22. The van der Waals surface area contributed by atoms with Crippen molar-refractivity contribution in [3.05, 3.63) is 53.6 Å². The average Bonchev–Trinajstić information content (AvgIpc) is 3.22. The number of methoxy groups -OCH3 is 3. The normalized spacial score (nSPS) is 15.7. The van der Waals surface area contributed by atoms with Crippen LogP contribution in [-0.2, 0) is 11.2 Å². The Labute approximate surface area is 170 Å². The van der Waals surface area contributed by atoms with Crippen LogP contribution in [0, 0.1) is 5.92 Å². The number of urea groups is 1. The van der Waals surface area contributed by atoms with Gasteiger partial charge in [-0.25, -0.2) is 9.59 Å². The summed E-state index contributed by atoms with van der Waals surface area (Å²) >= 11 is 0. The van der Waals surface area contributed by atoms with Crippen LogP contribution in [0.2, 0.25) is 0 Å². The van der Waals surface area contributed by atoms with Crippen LogP contribution in [-0.4, -0.2) is 51.3 Å². The Morgan fingerprint density at radius 3 is 2.41 bits per heavy atom. The third-order valence-electron chi connectivity index (χ3n) is 5.10. The van der Waals surface area contributed by atoms with Gasteiger partial charge in [0.25, 0.3) is 0 Å². The number of nitrogens with zero attached hydrogens (tertiary/aromatic N) is 1. The molecule has 7 nitrogen and oxygen atoms in total. The molecule has 0 bridgehead atoms. The second-order valence-electron chi connectivity index (χ2n) is 6.99. The average molecular weight is 398 g/mol. The first-order chi connectivity index (χ1) is 14.0. The minimum atomic E-state index is -0.402. The van der Waals surface area contributed by atoms with E-state index in [4.69, 9.17) is 9.47 Å². The Morgan fingerprint density at radius 1 is 1.03 bits per heavy atom. The summed E-state index contributed by atoms with van der Waals surface area (Å²) in [6, 6.07) is 12.5. The molecule has 0 saturated carbocycles. The van der Waals surface area contributed by atoms with Crippen LogP contribution in [0.25, 0.3) is 0 Å². The number of hydrogen-bond acceptors (Lipinski definition) is 5. The van der Waals surface area contributed by atoms with Crippen LogP contribution >= 0.6 is 0 Å². The summed E-state index contributed by atoms with van der Waals surface area (Å²) in [5.41, 5.74) is 2.25. The van der Waals surface area contributed by atoms with Crippen molar-refractivity contribution in [2.45, 2.75) is 12.8 Å². The second kappa shape index (κ2) is 9.32. The number of amides is 2. The molecule has 2 aromatic carbocycles. The molecule has 3 rings (SSSR count). The van der Waals surface area contributed by atoms with Gasteiger partial charge in [0.05, 0.1) is 26.9 Å². The number of hydrogen-bond donors (Lipinski definition) is 1. The van der Waals surface area contributed by atoms with Crippen LogP contribution < -0.4 is 14.8 Å². The van der Waals surface area contributed by atoms with Crippen LogP contribution in [0.1, 0.15) is 22.3 Å². The maximum atomic E-state index is 12.6. The van der Waals surface area contributed by atoms with Crippen molar-refractivity contribution >= 4 is 17.7 Å². The van der Waals surface area contributed by atoms with Crippen LogP contribution in [0.15, 0.2) is 42.5 Å². The zero-order valence-corrected chi connectivity index (χ0v) is 16.9. The summed E-state index contributed by atoms with van der Waals surface area (Å²) in [7, 11) is 4.58. The number of carbonyl (C=O) groups excluding carboxylic acids is 2. The highest BCUT2D eigenvalue weighted by Crippen LogP contribution is 2.30. The highest BCUT2D eigenvalue weighted by Gasteiger charge is 2.26. The van der Waals surface area contributed by atoms with Gasteiger partial charge in [0.1, 0.15) is 0 Å². The van der Waals surface area contributed by atoms with Gasteiger partial charge < -0.3 is 24.4 Å². The van der Waals surface area contributed by atoms with E-state index in [2.05, 4.69) is 10.1 Å². The number of likely N-dealkylation sites (tertiary alicyclic amines) is 1. The van der Waals surface area contributed by atoms with E-state index in [0.29, 0.717) is 41.8 Å². The molecule has 1 fully saturated rings. The van der Waals surface area contributed by atoms with Gasteiger partial charge in [-0.2, -0.15) is 0 Å². The van der Waals surface area contributed by atoms with Gasteiger partial charge in [0.15, 0.2) is 11.5 Å². The fourth-order valence-corrected chi connectivity index (χ4v) is 3.53. The second-order valence-corrected chi connectivity index (χ2v) is 6.99. The molecule has 1 aliphatic heterocycles. The molecule has 0 spiro atoms. The molecular formula is C22H26N2O5. The number of rotatable bonds is 6. The molecule has 1 unspecified atom stereocenters. The summed E-state index contributed by atoms with van der Waals surface area (Å²) in [4.78, 5) is 25.9. The lowest BCUT2D eigenvalue weighted by Crippen LogP contribution is -2.33. The molecule has 29 heavy (non-hydrogen) atoms. The Balaban J connectivity index is 1.55. The lowest BCUT2D eigenvalue weighted by molar-refractivity contribution is 0.0600. The smallest absolute Gasteiger partial charge is 0.337 e. The van der Waals surface area contributed by atoms with Crippen molar-refractivity contribution in [2.75, 3.05) is 39.7 Å². The maximum absolute atomic E-state index is 12.6. The van der Waals surface area contributed by atoms with E-state index in [-0.39, 0.29) is 6.03 Å². The lowest BCUT2D eigenvalue weighted by Gasteiger charge is -2.18. The molecule has 0 aliphatic carbocycles. The first-order valence-electron chi connectivity index (χ1n) is 9.49. The summed E-state index contributed by atoms with van der Waals surface area (Å²) in [5.74, 6) is 1.41. The van der Waals surface area contributed by atoms with Gasteiger partial charge >= 0.3 is 12.0 Å². The predicted molar refractivity (Wildman–Crippen MR) is 110 cm³/mol. The molecule has 1 saturated heterocycles. The van der Waals surface area contributed by atoms with E-state index in [9.17, 15) is 9.59 Å². The predicted octanol–water partition coefficient (Wildman–Crippen LogP) is 3.59. The Bertz CT molecular complexity index is 866. The lowest BCUT2D eigenvalue weighted by atomic mass is 9.98. The van der Waals surface area contributed by atoms with Crippen LogP contribution in [0.3, 0.4) is 0 Å². The van der Waals surface area contributed by atoms with Crippen molar-refractivity contribution < 1.29 is 23.8 Å². The van der Waals surface area contributed by atoms with Gasteiger partial charge in [-0.3, -0.25) is 0 Å². The molecule has 7 heteroatoms. The van der Waals surface area contributed by atoms with E-state index in [1.165, 1.54) is 7.11 Å². The van der Waals surface area contributed by atoms with Crippen molar-refractivity contribution in [1.82, 2.24) is 4.90 Å². The number of anilines is 1. The zero-order chi connectivity index (χ0) is 20.8. The largest absolute Gasteiger partial charge is 0.493 e. The first kappa shape index (κ1) is 20.5. The molecule has 0 aromatic heterocycles. The van der Waals surface area contributed by atoms with Gasteiger partial charge in [-0.1, -0.05) is 6.07 Å². The van der Waals surface area contributed by atoms with Crippen molar-refractivity contribution in [3.63, 3.8) is 0 Å². The van der Waals surface area contributed by atoms with Gasteiger partial charge in [-0.05, 0) is 60.7 Å². The number of nitrogens with one attached hydrogen (secondary N) is 1. The van der Waals surface area contributed by atoms with E-state index in [0.717, 1.165) is 18.4 Å². The van der Waals surface area contributed by atoms with Gasteiger partial charge in [0.2, 0.25) is 0 Å². The zero-order valence-electron chi connectivity index (χ0n) is 16.9. The van der Waals surface area contributed by atoms with Crippen molar-refractivity contribution in [1.29, 1.82) is 0 Å². The summed E-state index contributed by atoms with van der Waals surface area (Å²) in [6.07, 6.45) is 1.82. The molecule has 1 heterocycles. The van der Waals surface area contributed by atoms with E-state index >= 15 is 0 Å². The Kier molecular flexibility index (Phi) is 6.59. The molecule has 0 radical (unpaired) electrons. The summed E-state index contributed by atoms with van der Waals surface area (Å²) < 4.78 is 15.3. The highest BCUT2D eigenvalue weighted by molar-refractivity contribution is 5.92. The SMILES string of the molecule is COC(=O)c1ccc(NC(=O)N2CCC(Cc3ccc(OC)c(OC)c3)C2)cc1. The third kappa shape index (κ3) is 4.99. The first-order valence-corrected chi connectivity index (χ1v) is 9.49. The van der Waals surface area contributed by atoms with Gasteiger partial charge in [0, 0.05) is 18.8 Å². The van der Waals surface area contributed by atoms with Crippen LogP contribution in [0.4, 0.5) is 10.5 Å². The number of benzene rings is 2. The molecule has 1 atom stereocenters. The summed E-state index contributed by atoms with van der Waals surface area (Å²) in [6.45, 7) is 1.41. The molecule has 2 aromatic rings. The Morgan fingerprint density at radius 2 is 1.76 bits per heavy atom. The number of carbonyl (C=O) groups is 2. The number of esters is 1. The molecule has 2 amide bonds. The molecule has 1 N–H and O–H groups in total. The standard InChI is InChI=1S/C22H26N2O5/c1-27-19-9-4-15(13-20(19)28-2)12-16-10-11-24(14-16)22(26)23-18-7-5-17(6-8-18)21(25)29-3/h4-9,13,16H,10-12,14H2,1-3H3,(H,23,26). The number of ether oxygens (including phenoxy) is 3. The minimum absolute atomic E-state index is 0.134. The monoisotopic (exact) mass is 398 g/mol. The van der Waals surface area contributed by atoms with Crippen molar-refractivity contribution in [3.8, 4) is 11.5 Å². The molecule has 1 aliphatic rings. The van der Waals surface area contributed by atoms with Crippen LogP contribution in [0.5, 0.6) is 11.5 Å². The quantitative estimate of drug-likeness (QED) is 0.753. The topological polar surface area (TPSA) is 77.1 Å². The maximum Gasteiger partial charge on any atom is 0.337 e.